The standard InChI is InChI=1S/C14H19BrN2O4/c1-3-16(4-2)14(20)21-12-7-5-6-11(10-12)17(9-8-15)13(18)19/h5-7,10H,3-4,8-9H2,1-2H3,(H,18,19). The van der Waals surface area contributed by atoms with Gasteiger partial charge in [0.15, 0.2) is 0 Å². The van der Waals surface area contributed by atoms with Crippen LogP contribution < -0.4 is 9.64 Å². The molecule has 0 unspecified atom stereocenters. The number of amides is 2. The van der Waals surface area contributed by atoms with Gasteiger partial charge in [0.05, 0.1) is 5.69 Å². The smallest absolute Gasteiger partial charge is 0.415 e. The Morgan fingerprint density at radius 3 is 2.48 bits per heavy atom. The van der Waals surface area contributed by atoms with Gasteiger partial charge in [0.1, 0.15) is 5.75 Å². The summed E-state index contributed by atoms with van der Waals surface area (Å²) in [5.41, 5.74) is 0.465. The monoisotopic (exact) mass is 358 g/mol. The Balaban J connectivity index is 2.89. The van der Waals surface area contributed by atoms with Crippen LogP contribution in [0.25, 0.3) is 0 Å². The number of anilines is 1. The van der Waals surface area contributed by atoms with Gasteiger partial charge in [-0.25, -0.2) is 9.59 Å². The zero-order valence-corrected chi connectivity index (χ0v) is 13.7. The summed E-state index contributed by atoms with van der Waals surface area (Å²) in [6.45, 7) is 5.15. The second-order valence-corrected chi connectivity index (χ2v) is 4.95. The summed E-state index contributed by atoms with van der Waals surface area (Å²) in [5, 5.41) is 9.70. The number of rotatable bonds is 6. The third-order valence-corrected chi connectivity index (χ3v) is 3.25. The van der Waals surface area contributed by atoms with Crippen molar-refractivity contribution in [1.29, 1.82) is 0 Å². The minimum atomic E-state index is -1.05. The first kappa shape index (κ1) is 17.3. The minimum Gasteiger partial charge on any atom is -0.465 e. The van der Waals surface area contributed by atoms with E-state index in [4.69, 9.17) is 4.74 Å². The molecule has 1 aromatic rings. The molecule has 6 nitrogen and oxygen atoms in total. The summed E-state index contributed by atoms with van der Waals surface area (Å²) in [5.74, 6) is 0.324. The highest BCUT2D eigenvalue weighted by atomic mass is 79.9. The van der Waals surface area contributed by atoms with E-state index in [1.54, 1.807) is 23.1 Å². The molecular formula is C14H19BrN2O4. The van der Waals surface area contributed by atoms with Crippen LogP contribution in [0.3, 0.4) is 0 Å². The Labute approximate surface area is 132 Å². The quantitative estimate of drug-likeness (QED) is 0.791. The number of halogens is 1. The maximum Gasteiger partial charge on any atom is 0.415 e. The SMILES string of the molecule is CCN(CC)C(=O)Oc1cccc(N(CCBr)C(=O)O)c1. The van der Waals surface area contributed by atoms with E-state index in [0.29, 0.717) is 36.4 Å². The fraction of sp³-hybridized carbons (Fsp3) is 0.429. The number of ether oxygens (including phenoxy) is 1. The van der Waals surface area contributed by atoms with Crippen LogP contribution in [-0.2, 0) is 0 Å². The van der Waals surface area contributed by atoms with Gasteiger partial charge in [-0.2, -0.15) is 0 Å². The molecule has 0 bridgehead atoms. The molecule has 1 aromatic carbocycles. The molecule has 0 aromatic heterocycles. The Hall–Kier alpha value is -1.76. The van der Waals surface area contributed by atoms with E-state index in [1.807, 2.05) is 13.8 Å². The van der Waals surface area contributed by atoms with E-state index in [-0.39, 0.29) is 0 Å². The fourth-order valence-electron chi connectivity index (χ4n) is 1.78. The van der Waals surface area contributed by atoms with Crippen molar-refractivity contribution in [2.75, 3.05) is 29.9 Å². The van der Waals surface area contributed by atoms with Gasteiger partial charge in [-0.3, -0.25) is 4.90 Å². The number of hydrogen-bond acceptors (Lipinski definition) is 3. The van der Waals surface area contributed by atoms with Gasteiger partial charge in [-0.15, -0.1) is 0 Å². The van der Waals surface area contributed by atoms with E-state index >= 15 is 0 Å². The van der Waals surface area contributed by atoms with Crippen LogP contribution in [0.1, 0.15) is 13.8 Å². The average Bonchev–Trinajstić information content (AvgIpc) is 2.46. The topological polar surface area (TPSA) is 70.1 Å². The predicted molar refractivity (Wildman–Crippen MR) is 84.6 cm³/mol. The fourth-order valence-corrected chi connectivity index (χ4v) is 2.14. The van der Waals surface area contributed by atoms with Crippen LogP contribution in [0.2, 0.25) is 0 Å². The summed E-state index contributed by atoms with van der Waals surface area (Å²) in [7, 11) is 0. The molecule has 1 rings (SSSR count). The third-order valence-electron chi connectivity index (χ3n) is 2.90. The maximum atomic E-state index is 11.9. The molecule has 0 aliphatic heterocycles. The molecule has 2 amide bonds. The van der Waals surface area contributed by atoms with E-state index in [9.17, 15) is 14.7 Å². The molecule has 0 radical (unpaired) electrons. The van der Waals surface area contributed by atoms with Gasteiger partial charge in [0.25, 0.3) is 0 Å². The Bertz CT molecular complexity index is 492. The van der Waals surface area contributed by atoms with Gasteiger partial charge >= 0.3 is 12.2 Å². The predicted octanol–water partition coefficient (Wildman–Crippen LogP) is 3.41. The lowest BCUT2D eigenvalue weighted by atomic mass is 10.3. The van der Waals surface area contributed by atoms with Crippen LogP contribution in [0, 0.1) is 0 Å². The second kappa shape index (κ2) is 8.51. The molecule has 0 aliphatic rings. The van der Waals surface area contributed by atoms with Gasteiger partial charge < -0.3 is 14.7 Å². The largest absolute Gasteiger partial charge is 0.465 e. The molecule has 116 valence electrons. The molecule has 0 saturated carbocycles. The Morgan fingerprint density at radius 1 is 1.29 bits per heavy atom. The van der Waals surface area contributed by atoms with E-state index in [2.05, 4.69) is 15.9 Å². The number of carboxylic acid groups (broad SMARTS) is 1. The number of alkyl halides is 1. The summed E-state index contributed by atoms with van der Waals surface area (Å²) < 4.78 is 5.26. The molecule has 0 saturated heterocycles. The van der Waals surface area contributed by atoms with Crippen LogP contribution in [0.15, 0.2) is 24.3 Å². The van der Waals surface area contributed by atoms with Crippen molar-refractivity contribution in [1.82, 2.24) is 4.90 Å². The molecule has 0 atom stereocenters. The number of carbonyl (C=O) groups is 2. The van der Waals surface area contributed by atoms with Gasteiger partial charge in [0, 0.05) is 31.0 Å². The highest BCUT2D eigenvalue weighted by Gasteiger charge is 2.16. The maximum absolute atomic E-state index is 11.9. The first-order chi connectivity index (χ1) is 10.0. The minimum absolute atomic E-state index is 0.308. The normalized spacial score (nSPS) is 10.0. The van der Waals surface area contributed by atoms with Crippen LogP contribution >= 0.6 is 15.9 Å². The van der Waals surface area contributed by atoms with E-state index in [0.717, 1.165) is 0 Å². The van der Waals surface area contributed by atoms with Gasteiger partial charge in [-0.05, 0) is 26.0 Å². The number of hydrogen-bond donors (Lipinski definition) is 1. The number of benzene rings is 1. The van der Waals surface area contributed by atoms with Crippen molar-refractivity contribution in [2.24, 2.45) is 0 Å². The molecule has 21 heavy (non-hydrogen) atoms. The summed E-state index contributed by atoms with van der Waals surface area (Å²) in [6.07, 6.45) is -1.50. The van der Waals surface area contributed by atoms with Crippen molar-refractivity contribution < 1.29 is 19.4 Å². The summed E-state index contributed by atoms with van der Waals surface area (Å²) in [6, 6.07) is 6.48. The van der Waals surface area contributed by atoms with E-state index < -0.39 is 12.2 Å². The first-order valence-electron chi connectivity index (χ1n) is 6.66. The van der Waals surface area contributed by atoms with Gasteiger partial charge in [-0.1, -0.05) is 22.0 Å². The Morgan fingerprint density at radius 2 is 1.95 bits per heavy atom. The zero-order chi connectivity index (χ0) is 15.8. The molecule has 0 fully saturated rings. The first-order valence-corrected chi connectivity index (χ1v) is 7.78. The zero-order valence-electron chi connectivity index (χ0n) is 12.1. The molecule has 1 N–H and O–H groups in total. The highest BCUT2D eigenvalue weighted by Crippen LogP contribution is 2.22. The molecule has 0 aliphatic carbocycles. The summed E-state index contributed by atoms with van der Waals surface area (Å²) in [4.78, 5) is 25.8. The van der Waals surface area contributed by atoms with Crippen LogP contribution in [0.4, 0.5) is 15.3 Å². The summed E-state index contributed by atoms with van der Waals surface area (Å²) >= 11 is 3.22. The molecule has 7 heteroatoms. The lowest BCUT2D eigenvalue weighted by Gasteiger charge is -2.20. The van der Waals surface area contributed by atoms with Crippen LogP contribution in [-0.4, -0.2) is 47.2 Å². The molecule has 0 heterocycles. The van der Waals surface area contributed by atoms with Crippen molar-refractivity contribution in [2.45, 2.75) is 13.8 Å². The van der Waals surface area contributed by atoms with Gasteiger partial charge in [0.2, 0.25) is 0 Å². The van der Waals surface area contributed by atoms with Crippen molar-refractivity contribution >= 4 is 33.8 Å². The lowest BCUT2D eigenvalue weighted by Crippen LogP contribution is -2.33. The highest BCUT2D eigenvalue weighted by molar-refractivity contribution is 9.09. The Kier molecular flexibility index (Phi) is 7.01. The van der Waals surface area contributed by atoms with Crippen molar-refractivity contribution in [3.63, 3.8) is 0 Å². The van der Waals surface area contributed by atoms with E-state index in [1.165, 1.54) is 11.0 Å². The number of carbonyl (C=O) groups excluding carboxylic acids is 1. The average molecular weight is 359 g/mol. The number of nitrogens with zero attached hydrogens (tertiary/aromatic N) is 2. The van der Waals surface area contributed by atoms with Crippen molar-refractivity contribution in [3.05, 3.63) is 24.3 Å². The van der Waals surface area contributed by atoms with Crippen molar-refractivity contribution in [3.8, 4) is 5.75 Å². The molecular weight excluding hydrogens is 340 g/mol. The lowest BCUT2D eigenvalue weighted by molar-refractivity contribution is 0.157. The second-order valence-electron chi connectivity index (χ2n) is 4.16. The third kappa shape index (κ3) is 4.93. The van der Waals surface area contributed by atoms with Crippen LogP contribution in [0.5, 0.6) is 5.75 Å². The molecule has 0 spiro atoms.